The molecule has 4 heteroatoms. The van der Waals surface area contributed by atoms with E-state index in [1.54, 1.807) is 0 Å². The summed E-state index contributed by atoms with van der Waals surface area (Å²) >= 11 is 0. The molecule has 0 aromatic carbocycles. The second-order valence-corrected chi connectivity index (χ2v) is 3.94. The summed E-state index contributed by atoms with van der Waals surface area (Å²) < 4.78 is 4.32. The van der Waals surface area contributed by atoms with Gasteiger partial charge in [-0.3, -0.25) is 0 Å². The molecule has 0 atom stereocenters. The molecule has 0 fully saturated rings. The Labute approximate surface area is 94.3 Å². The topological polar surface area (TPSA) is 35.6 Å². The summed E-state index contributed by atoms with van der Waals surface area (Å²) in [6.45, 7) is 1.94. The Kier molecular flexibility index (Phi) is 2.33. The lowest BCUT2D eigenvalue weighted by molar-refractivity contribution is 0.667. The first-order valence-corrected chi connectivity index (χ1v) is 5.63. The highest BCUT2D eigenvalue weighted by Crippen LogP contribution is 2.17. The average molecular weight is 214 g/mol. The van der Waals surface area contributed by atoms with Crippen LogP contribution in [0, 0.1) is 0 Å². The average Bonchev–Trinajstić information content (AvgIpc) is 2.92. The van der Waals surface area contributed by atoms with Crippen molar-refractivity contribution in [3.8, 4) is 11.6 Å². The van der Waals surface area contributed by atoms with Crippen molar-refractivity contribution in [2.45, 2.75) is 25.9 Å². The molecule has 0 radical (unpaired) electrons. The predicted molar refractivity (Wildman–Crippen MR) is 61.8 cm³/mol. The van der Waals surface area contributed by atoms with Crippen LogP contribution in [-0.2, 0) is 13.1 Å². The SMILES string of the molecule is C1=C\CCn2ccnc2-c2nccn2CC/1. The van der Waals surface area contributed by atoms with Crippen molar-refractivity contribution in [1.29, 1.82) is 0 Å². The van der Waals surface area contributed by atoms with E-state index in [1.807, 2.05) is 24.8 Å². The lowest BCUT2D eigenvalue weighted by atomic mass is 10.3. The molecule has 0 N–H and O–H groups in total. The summed E-state index contributed by atoms with van der Waals surface area (Å²) in [5.74, 6) is 1.95. The molecule has 2 aromatic rings. The smallest absolute Gasteiger partial charge is 0.176 e. The van der Waals surface area contributed by atoms with E-state index in [9.17, 15) is 0 Å². The fourth-order valence-corrected chi connectivity index (χ4v) is 2.05. The summed E-state index contributed by atoms with van der Waals surface area (Å²) in [5.41, 5.74) is 0. The molecular weight excluding hydrogens is 200 g/mol. The van der Waals surface area contributed by atoms with Gasteiger partial charge in [-0.05, 0) is 12.8 Å². The van der Waals surface area contributed by atoms with Gasteiger partial charge in [-0.1, -0.05) is 12.2 Å². The van der Waals surface area contributed by atoms with Gasteiger partial charge in [0.1, 0.15) is 0 Å². The molecule has 0 unspecified atom stereocenters. The van der Waals surface area contributed by atoms with Crippen molar-refractivity contribution in [3.63, 3.8) is 0 Å². The van der Waals surface area contributed by atoms with Crippen LogP contribution in [0.5, 0.6) is 0 Å². The van der Waals surface area contributed by atoms with Crippen LogP contribution >= 0.6 is 0 Å². The maximum atomic E-state index is 4.40. The molecule has 3 rings (SSSR count). The number of aromatic nitrogens is 4. The third kappa shape index (κ3) is 1.56. The number of hydrogen-bond acceptors (Lipinski definition) is 2. The lowest BCUT2D eigenvalue weighted by Crippen LogP contribution is -2.06. The largest absolute Gasteiger partial charge is 0.328 e. The summed E-state index contributed by atoms with van der Waals surface area (Å²) in [7, 11) is 0. The zero-order valence-electron chi connectivity index (χ0n) is 9.08. The summed E-state index contributed by atoms with van der Waals surface area (Å²) in [5, 5.41) is 0. The Bertz CT molecular complexity index is 460. The van der Waals surface area contributed by atoms with Gasteiger partial charge in [-0.2, -0.15) is 0 Å². The number of rotatable bonds is 0. The van der Waals surface area contributed by atoms with Crippen molar-refractivity contribution in [2.24, 2.45) is 0 Å². The highest BCUT2D eigenvalue weighted by molar-refractivity contribution is 5.44. The summed E-state index contributed by atoms with van der Waals surface area (Å²) in [6.07, 6.45) is 14.3. The van der Waals surface area contributed by atoms with Gasteiger partial charge in [0, 0.05) is 37.9 Å². The van der Waals surface area contributed by atoms with E-state index in [2.05, 4.69) is 31.3 Å². The lowest BCUT2D eigenvalue weighted by Gasteiger charge is -2.10. The van der Waals surface area contributed by atoms with Crippen molar-refractivity contribution >= 4 is 0 Å². The minimum absolute atomic E-state index is 0.971. The van der Waals surface area contributed by atoms with Gasteiger partial charge >= 0.3 is 0 Å². The first kappa shape index (κ1) is 9.39. The van der Waals surface area contributed by atoms with Gasteiger partial charge in [0.25, 0.3) is 0 Å². The van der Waals surface area contributed by atoms with Crippen LogP contribution in [0.15, 0.2) is 36.9 Å². The highest BCUT2D eigenvalue weighted by atomic mass is 15.2. The Morgan fingerprint density at radius 3 is 1.81 bits per heavy atom. The Morgan fingerprint density at radius 1 is 0.812 bits per heavy atom. The van der Waals surface area contributed by atoms with E-state index in [4.69, 9.17) is 0 Å². The fraction of sp³-hybridized carbons (Fsp3) is 0.333. The van der Waals surface area contributed by atoms with Crippen molar-refractivity contribution in [3.05, 3.63) is 36.9 Å². The molecule has 16 heavy (non-hydrogen) atoms. The second-order valence-electron chi connectivity index (χ2n) is 3.94. The van der Waals surface area contributed by atoms with E-state index in [-0.39, 0.29) is 0 Å². The molecule has 4 nitrogen and oxygen atoms in total. The zero-order valence-corrected chi connectivity index (χ0v) is 9.08. The maximum absolute atomic E-state index is 4.40. The molecule has 0 aliphatic carbocycles. The van der Waals surface area contributed by atoms with Crippen LogP contribution in [0.3, 0.4) is 0 Å². The third-order valence-electron chi connectivity index (χ3n) is 2.87. The van der Waals surface area contributed by atoms with E-state index < -0.39 is 0 Å². The first-order valence-electron chi connectivity index (χ1n) is 5.63. The number of fused-ring (bicyclic) bond motifs is 3. The van der Waals surface area contributed by atoms with Crippen molar-refractivity contribution < 1.29 is 0 Å². The minimum atomic E-state index is 0.971. The normalized spacial score (nSPS) is 17.5. The highest BCUT2D eigenvalue weighted by Gasteiger charge is 2.11. The molecule has 3 heterocycles. The maximum Gasteiger partial charge on any atom is 0.176 e. The van der Waals surface area contributed by atoms with Crippen LogP contribution in [0.25, 0.3) is 11.6 Å². The van der Waals surface area contributed by atoms with Crippen LogP contribution < -0.4 is 0 Å². The third-order valence-corrected chi connectivity index (χ3v) is 2.87. The van der Waals surface area contributed by atoms with E-state index in [0.29, 0.717) is 0 Å². The van der Waals surface area contributed by atoms with Gasteiger partial charge in [0.15, 0.2) is 11.6 Å². The van der Waals surface area contributed by atoms with Gasteiger partial charge < -0.3 is 9.13 Å². The molecular formula is C12H14N4. The van der Waals surface area contributed by atoms with Crippen LogP contribution in [0.2, 0.25) is 0 Å². The fourth-order valence-electron chi connectivity index (χ4n) is 2.05. The Hall–Kier alpha value is -1.84. The minimum Gasteiger partial charge on any atom is -0.328 e. The van der Waals surface area contributed by atoms with Gasteiger partial charge in [0.2, 0.25) is 0 Å². The molecule has 1 aliphatic heterocycles. The number of nitrogens with zero attached hydrogens (tertiary/aromatic N) is 4. The molecule has 1 aliphatic rings. The Morgan fingerprint density at radius 2 is 1.31 bits per heavy atom. The first-order chi connectivity index (χ1) is 7.95. The summed E-state index contributed by atoms with van der Waals surface area (Å²) in [4.78, 5) is 8.80. The standard InChI is InChI=1S/C12H14N4/c1-2-4-8-16-10-6-14-12(16)11-13-5-9-15(11)7-3-1/h1-2,5-6,9-10H,3-4,7-8H2/b2-1-. The molecule has 0 saturated heterocycles. The van der Waals surface area contributed by atoms with Gasteiger partial charge in [0.05, 0.1) is 0 Å². The van der Waals surface area contributed by atoms with Crippen molar-refractivity contribution in [2.75, 3.05) is 0 Å². The number of allylic oxidation sites excluding steroid dienone is 2. The van der Waals surface area contributed by atoms with Gasteiger partial charge in [-0.15, -0.1) is 0 Å². The van der Waals surface area contributed by atoms with E-state index in [1.165, 1.54) is 0 Å². The Balaban J connectivity index is 2.10. The molecule has 0 saturated carbocycles. The van der Waals surface area contributed by atoms with Crippen LogP contribution in [-0.4, -0.2) is 19.1 Å². The van der Waals surface area contributed by atoms with Crippen LogP contribution in [0.1, 0.15) is 12.8 Å². The molecule has 0 spiro atoms. The summed E-state index contributed by atoms with van der Waals surface area (Å²) in [6, 6.07) is 0. The van der Waals surface area contributed by atoms with Crippen molar-refractivity contribution in [1.82, 2.24) is 19.1 Å². The predicted octanol–water partition coefficient (Wildman–Crippen LogP) is 2.10. The monoisotopic (exact) mass is 214 g/mol. The molecule has 2 aromatic heterocycles. The van der Waals surface area contributed by atoms with E-state index in [0.717, 1.165) is 37.6 Å². The van der Waals surface area contributed by atoms with Gasteiger partial charge in [-0.25, -0.2) is 9.97 Å². The van der Waals surface area contributed by atoms with Crippen LogP contribution in [0.4, 0.5) is 0 Å². The number of hydrogen-bond donors (Lipinski definition) is 0. The number of imidazole rings is 2. The molecule has 82 valence electrons. The molecule has 0 bridgehead atoms. The molecule has 0 amide bonds. The zero-order chi connectivity index (χ0) is 10.8. The number of aryl methyl sites for hydroxylation is 2. The van der Waals surface area contributed by atoms with E-state index >= 15 is 0 Å². The quantitative estimate of drug-likeness (QED) is 0.629. The second kappa shape index (κ2) is 3.96.